The molecule has 1 N–H and O–H groups in total. The van der Waals surface area contributed by atoms with Crippen molar-refractivity contribution in [3.8, 4) is 11.6 Å². The number of carbonyl (C=O) groups excluding carboxylic acids is 1. The van der Waals surface area contributed by atoms with E-state index in [9.17, 15) is 4.79 Å². The van der Waals surface area contributed by atoms with Crippen LogP contribution in [0.2, 0.25) is 0 Å². The van der Waals surface area contributed by atoms with Crippen LogP contribution in [0, 0.1) is 5.92 Å². The lowest BCUT2D eigenvalue weighted by molar-refractivity contribution is -0.123. The van der Waals surface area contributed by atoms with Gasteiger partial charge < -0.3 is 14.8 Å². The molecule has 0 saturated carbocycles. The minimum Gasteiger partial charge on any atom is -0.497 e. The number of thiophene rings is 1. The van der Waals surface area contributed by atoms with Crippen LogP contribution in [0.3, 0.4) is 0 Å². The number of benzene rings is 1. The van der Waals surface area contributed by atoms with E-state index in [1.807, 2.05) is 24.3 Å². The van der Waals surface area contributed by atoms with Crippen molar-refractivity contribution in [3.05, 3.63) is 46.6 Å². The van der Waals surface area contributed by atoms with Crippen LogP contribution in [0.25, 0.3) is 10.2 Å². The number of carbonyl (C=O) groups is 1. The Morgan fingerprint density at radius 2 is 2.10 bits per heavy atom. The smallest absolute Gasteiger partial charge is 0.258 e. The molecule has 152 valence electrons. The van der Waals surface area contributed by atoms with Gasteiger partial charge in [-0.3, -0.25) is 4.79 Å². The Morgan fingerprint density at radius 3 is 2.90 bits per heavy atom. The third kappa shape index (κ3) is 4.50. The molecule has 4 rings (SSSR count). The molecule has 0 aliphatic heterocycles. The number of aromatic nitrogens is 2. The molecule has 0 spiro atoms. The Hall–Kier alpha value is -2.67. The average Bonchev–Trinajstić information content (AvgIpc) is 3.10. The zero-order valence-corrected chi connectivity index (χ0v) is 17.6. The molecule has 0 bridgehead atoms. The second-order valence-corrected chi connectivity index (χ2v) is 8.53. The predicted octanol–water partition coefficient (Wildman–Crippen LogP) is 3.56. The van der Waals surface area contributed by atoms with Gasteiger partial charge in [-0.15, -0.1) is 11.3 Å². The van der Waals surface area contributed by atoms with Crippen molar-refractivity contribution >= 4 is 27.5 Å². The van der Waals surface area contributed by atoms with Gasteiger partial charge in [0.1, 0.15) is 16.9 Å². The molecule has 0 radical (unpaired) electrons. The van der Waals surface area contributed by atoms with Crippen molar-refractivity contribution in [3.63, 3.8) is 0 Å². The molecule has 1 unspecified atom stereocenters. The fraction of sp³-hybridized carbons (Fsp3) is 0.409. The molecule has 29 heavy (non-hydrogen) atoms. The van der Waals surface area contributed by atoms with Gasteiger partial charge in [0.15, 0.2) is 6.61 Å². The van der Waals surface area contributed by atoms with E-state index in [-0.39, 0.29) is 12.5 Å². The van der Waals surface area contributed by atoms with E-state index in [0.29, 0.717) is 18.3 Å². The van der Waals surface area contributed by atoms with Gasteiger partial charge in [-0.25, -0.2) is 9.97 Å². The summed E-state index contributed by atoms with van der Waals surface area (Å²) in [6, 6.07) is 7.84. The summed E-state index contributed by atoms with van der Waals surface area (Å²) in [7, 11) is 1.65. The van der Waals surface area contributed by atoms with Gasteiger partial charge in [-0.1, -0.05) is 19.1 Å². The largest absolute Gasteiger partial charge is 0.497 e. The van der Waals surface area contributed by atoms with E-state index in [1.165, 1.54) is 23.2 Å². The number of methoxy groups -OCH3 is 1. The minimum absolute atomic E-state index is 0.0459. The van der Waals surface area contributed by atoms with Gasteiger partial charge in [-0.2, -0.15) is 0 Å². The highest BCUT2D eigenvalue weighted by Gasteiger charge is 2.23. The van der Waals surface area contributed by atoms with Crippen LogP contribution in [0.1, 0.15) is 29.3 Å². The monoisotopic (exact) mass is 411 g/mol. The number of ether oxygens (including phenoxy) is 2. The Kier molecular flexibility index (Phi) is 5.94. The molecule has 1 aliphatic rings. The normalized spacial score (nSPS) is 15.7. The van der Waals surface area contributed by atoms with Crippen molar-refractivity contribution in [2.24, 2.45) is 5.92 Å². The van der Waals surface area contributed by atoms with E-state index >= 15 is 0 Å². The summed E-state index contributed by atoms with van der Waals surface area (Å²) in [4.78, 5) is 23.3. The third-order valence-corrected chi connectivity index (χ3v) is 6.45. The molecule has 1 aliphatic carbocycles. The minimum atomic E-state index is -0.150. The standard InChI is InChI=1S/C22H25N3O3S/c1-14-3-8-17-18(11-14)29-22-20(17)21(24-13-25-22)28-12-19(26)23-10-9-15-4-6-16(27-2)7-5-15/h4-7,13-14H,3,8-12H2,1-2H3,(H,23,26). The van der Waals surface area contributed by atoms with Crippen molar-refractivity contribution in [2.75, 3.05) is 20.3 Å². The molecular weight excluding hydrogens is 386 g/mol. The first-order chi connectivity index (χ1) is 14.1. The summed E-state index contributed by atoms with van der Waals surface area (Å²) in [6.45, 7) is 2.79. The molecule has 2 aromatic heterocycles. The highest BCUT2D eigenvalue weighted by Crippen LogP contribution is 2.40. The van der Waals surface area contributed by atoms with Crippen LogP contribution >= 0.6 is 11.3 Å². The molecule has 0 fully saturated rings. The van der Waals surface area contributed by atoms with Crippen molar-refractivity contribution in [1.82, 2.24) is 15.3 Å². The molecule has 0 saturated heterocycles. The fourth-order valence-electron chi connectivity index (χ4n) is 3.68. The molecular formula is C22H25N3O3S. The molecule has 1 atom stereocenters. The van der Waals surface area contributed by atoms with Crippen LogP contribution in [0.15, 0.2) is 30.6 Å². The summed E-state index contributed by atoms with van der Waals surface area (Å²) in [5.74, 6) is 1.90. The van der Waals surface area contributed by atoms with E-state index in [1.54, 1.807) is 18.4 Å². The van der Waals surface area contributed by atoms with E-state index in [2.05, 4.69) is 22.2 Å². The fourth-order valence-corrected chi connectivity index (χ4v) is 5.02. The Bertz CT molecular complexity index is 1000. The molecule has 2 heterocycles. The average molecular weight is 412 g/mol. The summed E-state index contributed by atoms with van der Waals surface area (Å²) in [6.07, 6.45) is 5.54. The molecule has 1 aromatic carbocycles. The number of rotatable bonds is 7. The summed E-state index contributed by atoms with van der Waals surface area (Å²) in [5.41, 5.74) is 2.45. The highest BCUT2D eigenvalue weighted by atomic mass is 32.1. The maximum absolute atomic E-state index is 12.2. The van der Waals surface area contributed by atoms with E-state index in [0.717, 1.165) is 40.8 Å². The topological polar surface area (TPSA) is 73.3 Å². The quantitative estimate of drug-likeness (QED) is 0.644. The first kappa shape index (κ1) is 19.6. The Balaban J connectivity index is 1.34. The Morgan fingerprint density at radius 1 is 1.28 bits per heavy atom. The number of hydrogen-bond donors (Lipinski definition) is 1. The zero-order chi connectivity index (χ0) is 20.2. The molecule has 6 nitrogen and oxygen atoms in total. The number of hydrogen-bond acceptors (Lipinski definition) is 6. The number of nitrogens with one attached hydrogen (secondary N) is 1. The van der Waals surface area contributed by atoms with Crippen molar-refractivity contribution < 1.29 is 14.3 Å². The molecule has 1 amide bonds. The van der Waals surface area contributed by atoms with Crippen LogP contribution in [-0.4, -0.2) is 36.1 Å². The van der Waals surface area contributed by atoms with Gasteiger partial charge in [0.2, 0.25) is 5.88 Å². The summed E-state index contributed by atoms with van der Waals surface area (Å²) in [5, 5.41) is 3.90. The predicted molar refractivity (Wildman–Crippen MR) is 114 cm³/mol. The second-order valence-electron chi connectivity index (χ2n) is 7.45. The van der Waals surface area contributed by atoms with E-state index < -0.39 is 0 Å². The number of nitrogens with zero attached hydrogens (tertiary/aromatic N) is 2. The van der Waals surface area contributed by atoms with Gasteiger partial charge in [0, 0.05) is 11.4 Å². The van der Waals surface area contributed by atoms with Crippen molar-refractivity contribution in [1.29, 1.82) is 0 Å². The van der Waals surface area contributed by atoms with Crippen LogP contribution in [-0.2, 0) is 24.1 Å². The van der Waals surface area contributed by atoms with Crippen LogP contribution in [0.5, 0.6) is 11.6 Å². The molecule has 7 heteroatoms. The number of amides is 1. The van der Waals surface area contributed by atoms with Crippen LogP contribution < -0.4 is 14.8 Å². The second kappa shape index (κ2) is 8.78. The lowest BCUT2D eigenvalue weighted by Crippen LogP contribution is -2.30. The van der Waals surface area contributed by atoms with E-state index in [4.69, 9.17) is 9.47 Å². The van der Waals surface area contributed by atoms with Gasteiger partial charge >= 0.3 is 0 Å². The SMILES string of the molecule is COc1ccc(CCNC(=O)COc2ncnc3sc4c(c23)CCC(C)C4)cc1. The number of aryl methyl sites for hydroxylation is 1. The zero-order valence-electron chi connectivity index (χ0n) is 16.7. The summed E-state index contributed by atoms with van der Waals surface area (Å²) < 4.78 is 10.9. The van der Waals surface area contributed by atoms with Crippen molar-refractivity contribution in [2.45, 2.75) is 32.6 Å². The summed E-state index contributed by atoms with van der Waals surface area (Å²) >= 11 is 1.73. The third-order valence-electron chi connectivity index (χ3n) is 5.29. The first-order valence-electron chi connectivity index (χ1n) is 9.91. The number of fused-ring (bicyclic) bond motifs is 3. The van der Waals surface area contributed by atoms with Gasteiger partial charge in [0.05, 0.1) is 12.5 Å². The Labute approximate surface area is 174 Å². The van der Waals surface area contributed by atoms with Gasteiger partial charge in [0.25, 0.3) is 5.91 Å². The van der Waals surface area contributed by atoms with Crippen LogP contribution in [0.4, 0.5) is 0 Å². The lowest BCUT2D eigenvalue weighted by Gasteiger charge is -2.18. The maximum Gasteiger partial charge on any atom is 0.258 e. The highest BCUT2D eigenvalue weighted by molar-refractivity contribution is 7.18. The first-order valence-corrected chi connectivity index (χ1v) is 10.7. The molecule has 3 aromatic rings. The lowest BCUT2D eigenvalue weighted by atomic mass is 9.89. The maximum atomic E-state index is 12.2. The van der Waals surface area contributed by atoms with Gasteiger partial charge in [-0.05, 0) is 54.9 Å².